The van der Waals surface area contributed by atoms with Crippen molar-refractivity contribution in [3.63, 3.8) is 0 Å². The zero-order valence-corrected chi connectivity index (χ0v) is 19.6. The highest BCUT2D eigenvalue weighted by atomic mass is 16.7. The number of aromatic nitrogens is 1. The third kappa shape index (κ3) is 4.11. The van der Waals surface area contributed by atoms with Crippen molar-refractivity contribution in [2.75, 3.05) is 19.9 Å². The molecule has 2 amide bonds. The van der Waals surface area contributed by atoms with E-state index in [1.807, 2.05) is 48.8 Å². The van der Waals surface area contributed by atoms with Crippen LogP contribution in [0.4, 0.5) is 0 Å². The van der Waals surface area contributed by atoms with Crippen LogP contribution in [0.25, 0.3) is 5.69 Å². The van der Waals surface area contributed by atoms with Gasteiger partial charge in [0.2, 0.25) is 24.4 Å². The lowest BCUT2D eigenvalue weighted by Crippen LogP contribution is -2.33. The van der Waals surface area contributed by atoms with E-state index in [9.17, 15) is 19.2 Å². The van der Waals surface area contributed by atoms with Crippen molar-refractivity contribution in [2.24, 2.45) is 11.8 Å². The lowest BCUT2D eigenvalue weighted by molar-refractivity contribution is -0.145. The molecule has 35 heavy (non-hydrogen) atoms. The molecule has 0 radical (unpaired) electrons. The number of hydrogen-bond acceptors (Lipinski definition) is 7. The molecule has 0 spiro atoms. The van der Waals surface area contributed by atoms with E-state index in [2.05, 4.69) is 0 Å². The Hall–Kier alpha value is -3.88. The Labute approximate surface area is 202 Å². The van der Waals surface area contributed by atoms with Gasteiger partial charge in [-0.1, -0.05) is 12.2 Å². The number of nitrogens with zero attached hydrogens (tertiary/aromatic N) is 2. The summed E-state index contributed by atoms with van der Waals surface area (Å²) >= 11 is 0. The van der Waals surface area contributed by atoms with Gasteiger partial charge in [-0.15, -0.1) is 0 Å². The van der Waals surface area contributed by atoms with E-state index < -0.39 is 12.6 Å². The van der Waals surface area contributed by atoms with Crippen molar-refractivity contribution in [3.8, 4) is 17.2 Å². The summed E-state index contributed by atoms with van der Waals surface area (Å²) in [6.45, 7) is 3.44. The molecule has 1 aromatic heterocycles. The topological polar surface area (TPSA) is 104 Å². The van der Waals surface area contributed by atoms with E-state index in [0.29, 0.717) is 35.6 Å². The number of imide groups is 1. The number of Topliss-reactive ketones (excluding diaryl/α,β-unsaturated/α-hetero) is 1. The van der Waals surface area contributed by atoms with Gasteiger partial charge < -0.3 is 18.8 Å². The van der Waals surface area contributed by atoms with Crippen LogP contribution < -0.4 is 9.47 Å². The molecule has 3 heterocycles. The van der Waals surface area contributed by atoms with E-state index in [1.165, 1.54) is 0 Å². The zero-order chi connectivity index (χ0) is 24.7. The number of benzene rings is 1. The van der Waals surface area contributed by atoms with Crippen molar-refractivity contribution in [1.82, 2.24) is 9.47 Å². The molecular weight excluding hydrogens is 452 g/mol. The van der Waals surface area contributed by atoms with Crippen molar-refractivity contribution in [2.45, 2.75) is 33.1 Å². The van der Waals surface area contributed by atoms with Gasteiger partial charge in [0.25, 0.3) is 0 Å². The van der Waals surface area contributed by atoms with Gasteiger partial charge in [0.15, 0.2) is 18.1 Å². The van der Waals surface area contributed by atoms with Gasteiger partial charge in [-0.2, -0.15) is 0 Å². The Balaban J connectivity index is 1.19. The average molecular weight is 479 g/mol. The fourth-order valence-electron chi connectivity index (χ4n) is 5.06. The number of amides is 2. The summed E-state index contributed by atoms with van der Waals surface area (Å²) in [5.74, 6) is -0.765. The predicted molar refractivity (Wildman–Crippen MR) is 123 cm³/mol. The SMILES string of the molecule is Cc1cc(C(=O)COC(=O)CCN2C(=O)[C@H]3CC=CC[C@@H]3C2=O)c(C)n1-c1ccc2c(c1)OCO2. The number of esters is 1. The Kier molecular flexibility index (Phi) is 5.92. The number of ketones is 1. The summed E-state index contributed by atoms with van der Waals surface area (Å²) in [4.78, 5) is 51.3. The van der Waals surface area contributed by atoms with Gasteiger partial charge in [-0.25, -0.2) is 0 Å². The monoisotopic (exact) mass is 478 g/mol. The van der Waals surface area contributed by atoms with E-state index in [0.717, 1.165) is 16.3 Å². The van der Waals surface area contributed by atoms with Crippen LogP contribution in [0, 0.1) is 25.7 Å². The molecule has 0 unspecified atom stereocenters. The van der Waals surface area contributed by atoms with Gasteiger partial charge in [0.05, 0.1) is 18.3 Å². The molecule has 5 rings (SSSR count). The molecule has 3 aliphatic rings. The van der Waals surface area contributed by atoms with Crippen LogP contribution in [0.5, 0.6) is 11.5 Å². The fourth-order valence-corrected chi connectivity index (χ4v) is 5.06. The highest BCUT2D eigenvalue weighted by Crippen LogP contribution is 2.36. The first-order chi connectivity index (χ1) is 16.8. The smallest absolute Gasteiger partial charge is 0.308 e. The van der Waals surface area contributed by atoms with Gasteiger partial charge >= 0.3 is 5.97 Å². The van der Waals surface area contributed by atoms with E-state index in [1.54, 1.807) is 6.07 Å². The first-order valence-electron chi connectivity index (χ1n) is 11.6. The van der Waals surface area contributed by atoms with Crippen LogP contribution in [0.3, 0.4) is 0 Å². The minimum atomic E-state index is -0.628. The van der Waals surface area contributed by atoms with Crippen LogP contribution in [0.1, 0.15) is 41.0 Å². The maximum absolute atomic E-state index is 12.8. The van der Waals surface area contributed by atoms with Crippen molar-refractivity contribution < 1.29 is 33.4 Å². The average Bonchev–Trinajstić information content (AvgIpc) is 3.51. The molecule has 1 aliphatic carbocycles. The van der Waals surface area contributed by atoms with E-state index in [-0.39, 0.29) is 49.2 Å². The number of aryl methyl sites for hydroxylation is 1. The minimum Gasteiger partial charge on any atom is -0.457 e. The summed E-state index contributed by atoms with van der Waals surface area (Å²) in [7, 11) is 0. The molecule has 9 nitrogen and oxygen atoms in total. The van der Waals surface area contributed by atoms with Crippen LogP contribution >= 0.6 is 0 Å². The molecule has 1 fully saturated rings. The lowest BCUT2D eigenvalue weighted by Gasteiger charge is -2.14. The quantitative estimate of drug-likeness (QED) is 0.261. The third-order valence-corrected chi connectivity index (χ3v) is 6.85. The lowest BCUT2D eigenvalue weighted by atomic mass is 9.85. The molecule has 182 valence electrons. The van der Waals surface area contributed by atoms with Gasteiger partial charge in [-0.05, 0) is 44.9 Å². The molecule has 2 aliphatic heterocycles. The zero-order valence-electron chi connectivity index (χ0n) is 19.6. The summed E-state index contributed by atoms with van der Waals surface area (Å²) in [5, 5.41) is 0. The molecule has 1 aromatic carbocycles. The van der Waals surface area contributed by atoms with Crippen molar-refractivity contribution in [3.05, 3.63) is 53.4 Å². The highest BCUT2D eigenvalue weighted by molar-refractivity contribution is 6.05. The Morgan fingerprint density at radius 1 is 1.00 bits per heavy atom. The third-order valence-electron chi connectivity index (χ3n) is 6.85. The maximum atomic E-state index is 12.8. The van der Waals surface area contributed by atoms with Crippen LogP contribution in [-0.2, 0) is 19.1 Å². The molecular formula is C26H26N2O7. The normalized spacial score (nSPS) is 20.3. The number of fused-ring (bicyclic) bond motifs is 2. The van der Waals surface area contributed by atoms with Gasteiger partial charge in [0, 0.05) is 35.2 Å². The second-order valence-corrected chi connectivity index (χ2v) is 8.98. The molecule has 2 atom stereocenters. The van der Waals surface area contributed by atoms with Gasteiger partial charge in [-0.3, -0.25) is 24.1 Å². The second kappa shape index (κ2) is 9.05. The van der Waals surface area contributed by atoms with E-state index >= 15 is 0 Å². The second-order valence-electron chi connectivity index (χ2n) is 8.98. The number of hydrogen-bond donors (Lipinski definition) is 0. The highest BCUT2D eigenvalue weighted by Gasteiger charge is 2.47. The molecule has 9 heteroatoms. The van der Waals surface area contributed by atoms with Crippen LogP contribution in [-0.4, -0.2) is 53.0 Å². The number of ether oxygens (including phenoxy) is 3. The Morgan fingerprint density at radius 3 is 2.40 bits per heavy atom. The Bertz CT molecular complexity index is 1230. The molecule has 0 saturated carbocycles. The summed E-state index contributed by atoms with van der Waals surface area (Å²) in [6.07, 6.45) is 4.79. The van der Waals surface area contributed by atoms with Gasteiger partial charge in [0.1, 0.15) is 0 Å². The minimum absolute atomic E-state index is 0.0314. The molecule has 0 N–H and O–H groups in total. The summed E-state index contributed by atoms with van der Waals surface area (Å²) < 4.78 is 17.9. The maximum Gasteiger partial charge on any atom is 0.308 e. The molecule has 2 aromatic rings. The summed E-state index contributed by atoms with van der Waals surface area (Å²) in [6, 6.07) is 7.31. The summed E-state index contributed by atoms with van der Waals surface area (Å²) in [5.41, 5.74) is 2.84. The first kappa shape index (κ1) is 22.9. The number of likely N-dealkylation sites (tertiary alicyclic amines) is 1. The molecule has 1 saturated heterocycles. The Morgan fingerprint density at radius 2 is 1.69 bits per heavy atom. The first-order valence-corrected chi connectivity index (χ1v) is 11.6. The van der Waals surface area contributed by atoms with Crippen molar-refractivity contribution >= 4 is 23.6 Å². The molecule has 0 bridgehead atoms. The van der Waals surface area contributed by atoms with Crippen LogP contribution in [0.15, 0.2) is 36.4 Å². The number of allylic oxidation sites excluding steroid dienone is 2. The van der Waals surface area contributed by atoms with Crippen LogP contribution in [0.2, 0.25) is 0 Å². The van der Waals surface area contributed by atoms with Crippen molar-refractivity contribution in [1.29, 1.82) is 0 Å². The van der Waals surface area contributed by atoms with E-state index in [4.69, 9.17) is 14.2 Å². The number of carbonyl (C=O) groups is 4. The standard InChI is InChI=1S/C26H26N2O7/c1-15-11-20(16(2)28(15)17-7-8-22-23(12-17)35-14-34-22)21(29)13-33-24(30)9-10-27-25(31)18-5-3-4-6-19(18)26(27)32/h3-4,7-8,11-12,18-19H,5-6,9-10,13-14H2,1-2H3/t18-,19-/m0/s1. The fraction of sp³-hybridized carbons (Fsp3) is 0.385. The number of rotatable bonds is 7. The number of carbonyl (C=O) groups excluding carboxylic acids is 4. The largest absolute Gasteiger partial charge is 0.457 e. The predicted octanol–water partition coefficient (Wildman–Crippen LogP) is 2.89.